The lowest BCUT2D eigenvalue weighted by Crippen LogP contribution is -2.14. The van der Waals surface area contributed by atoms with E-state index in [1.165, 1.54) is 30.2 Å². The molecule has 3 aromatic rings. The third kappa shape index (κ3) is 5.43. The highest BCUT2D eigenvalue weighted by atomic mass is 35.5. The van der Waals surface area contributed by atoms with E-state index in [0.717, 1.165) is 0 Å². The van der Waals surface area contributed by atoms with Crippen LogP contribution >= 0.6 is 58.5 Å². The van der Waals surface area contributed by atoms with Crippen molar-refractivity contribution in [1.82, 2.24) is 9.78 Å². The zero-order valence-electron chi connectivity index (χ0n) is 15.3. The lowest BCUT2D eigenvalue weighted by Gasteiger charge is -2.11. The number of anilines is 1. The van der Waals surface area contributed by atoms with Crippen LogP contribution in [0.15, 0.2) is 40.7 Å². The van der Waals surface area contributed by atoms with Crippen molar-refractivity contribution in [1.29, 1.82) is 0 Å². The SMILES string of the molecule is COc1ccc(OC)c(NC(=O)CSc2nn(-c3ccc(Cl)c(Cl)c3)c(=S)s2)c1. The third-order valence-electron chi connectivity index (χ3n) is 3.68. The number of amides is 1. The molecule has 1 aromatic heterocycles. The Hall–Kier alpha value is -1.78. The van der Waals surface area contributed by atoms with Gasteiger partial charge in [-0.25, -0.2) is 4.68 Å². The van der Waals surface area contributed by atoms with Crippen molar-refractivity contribution in [2.45, 2.75) is 4.34 Å². The van der Waals surface area contributed by atoms with Gasteiger partial charge in [0.1, 0.15) is 11.5 Å². The van der Waals surface area contributed by atoms with E-state index >= 15 is 0 Å². The van der Waals surface area contributed by atoms with Crippen LogP contribution in [0.2, 0.25) is 10.0 Å². The average Bonchev–Trinajstić information content (AvgIpc) is 3.09. The first-order valence-corrected chi connectivity index (χ1v) is 11.1. The Bertz CT molecular complexity index is 1100. The Balaban J connectivity index is 1.68. The van der Waals surface area contributed by atoms with E-state index in [1.54, 1.807) is 48.2 Å². The number of hydrogen-bond acceptors (Lipinski definition) is 7. The number of rotatable bonds is 7. The molecule has 6 nitrogen and oxygen atoms in total. The molecule has 0 radical (unpaired) electrons. The molecule has 0 spiro atoms. The number of halogens is 2. The molecule has 29 heavy (non-hydrogen) atoms. The van der Waals surface area contributed by atoms with Crippen molar-refractivity contribution in [2.24, 2.45) is 0 Å². The standard InChI is InChI=1S/C18H15Cl2N3O3S3/c1-25-11-4-6-15(26-2)14(8-11)21-16(24)9-28-17-22-23(18(27)29-17)10-3-5-12(19)13(20)7-10/h3-8H,9H2,1-2H3,(H,21,24). The summed E-state index contributed by atoms with van der Waals surface area (Å²) in [6.45, 7) is 0. The fourth-order valence-electron chi connectivity index (χ4n) is 2.32. The van der Waals surface area contributed by atoms with Crippen LogP contribution in [0.3, 0.4) is 0 Å². The number of nitrogens with zero attached hydrogens (tertiary/aromatic N) is 2. The lowest BCUT2D eigenvalue weighted by atomic mass is 10.2. The van der Waals surface area contributed by atoms with E-state index in [1.807, 2.05) is 0 Å². The normalized spacial score (nSPS) is 10.6. The van der Waals surface area contributed by atoms with Gasteiger partial charge in [-0.2, -0.15) is 0 Å². The topological polar surface area (TPSA) is 65.4 Å². The van der Waals surface area contributed by atoms with Crippen LogP contribution in [-0.2, 0) is 4.79 Å². The third-order valence-corrected chi connectivity index (χ3v) is 6.79. The second-order valence-corrected chi connectivity index (χ2v) is 9.21. The molecule has 1 amide bonds. The molecule has 11 heteroatoms. The number of hydrogen-bond donors (Lipinski definition) is 1. The summed E-state index contributed by atoms with van der Waals surface area (Å²) >= 11 is 20.0. The van der Waals surface area contributed by atoms with Gasteiger partial charge < -0.3 is 14.8 Å². The molecule has 2 aromatic carbocycles. The number of carbonyl (C=O) groups is 1. The number of aromatic nitrogens is 2. The highest BCUT2D eigenvalue weighted by Gasteiger charge is 2.13. The molecule has 1 heterocycles. The van der Waals surface area contributed by atoms with Gasteiger partial charge in [0.2, 0.25) is 5.91 Å². The summed E-state index contributed by atoms with van der Waals surface area (Å²) in [6, 6.07) is 10.3. The van der Waals surface area contributed by atoms with E-state index in [4.69, 9.17) is 44.9 Å². The van der Waals surface area contributed by atoms with Gasteiger partial charge >= 0.3 is 0 Å². The summed E-state index contributed by atoms with van der Waals surface area (Å²) in [5, 5.41) is 8.15. The van der Waals surface area contributed by atoms with Crippen LogP contribution in [0.25, 0.3) is 5.69 Å². The first kappa shape index (κ1) is 21.9. The molecule has 0 fully saturated rings. The van der Waals surface area contributed by atoms with Gasteiger partial charge in [-0.15, -0.1) is 5.10 Å². The van der Waals surface area contributed by atoms with Crippen LogP contribution in [0.1, 0.15) is 0 Å². The predicted octanol–water partition coefficient (Wildman–Crippen LogP) is 5.72. The summed E-state index contributed by atoms with van der Waals surface area (Å²) in [4.78, 5) is 12.4. The Morgan fingerprint density at radius 3 is 2.69 bits per heavy atom. The van der Waals surface area contributed by atoms with Gasteiger partial charge in [0.15, 0.2) is 8.29 Å². The molecule has 152 valence electrons. The molecular weight excluding hydrogens is 473 g/mol. The van der Waals surface area contributed by atoms with Crippen molar-refractivity contribution < 1.29 is 14.3 Å². The zero-order chi connectivity index (χ0) is 21.0. The van der Waals surface area contributed by atoms with E-state index in [-0.39, 0.29) is 11.7 Å². The zero-order valence-corrected chi connectivity index (χ0v) is 19.2. The number of benzene rings is 2. The molecule has 3 rings (SSSR count). The van der Waals surface area contributed by atoms with Crippen LogP contribution in [0, 0.1) is 3.95 Å². The monoisotopic (exact) mass is 487 g/mol. The van der Waals surface area contributed by atoms with E-state index in [9.17, 15) is 4.79 Å². The molecule has 0 bridgehead atoms. The molecule has 0 aliphatic carbocycles. The van der Waals surface area contributed by atoms with Crippen molar-refractivity contribution in [3.05, 3.63) is 50.4 Å². The summed E-state index contributed by atoms with van der Waals surface area (Å²) in [6.07, 6.45) is 0. The van der Waals surface area contributed by atoms with Crippen molar-refractivity contribution in [2.75, 3.05) is 25.3 Å². The minimum atomic E-state index is -0.205. The summed E-state index contributed by atoms with van der Waals surface area (Å²) < 4.78 is 13.3. The second-order valence-electron chi connectivity index (χ2n) is 5.55. The van der Waals surface area contributed by atoms with Crippen molar-refractivity contribution >= 4 is 70.1 Å². The number of methoxy groups -OCH3 is 2. The van der Waals surface area contributed by atoms with E-state index in [0.29, 0.717) is 41.2 Å². The second kappa shape index (κ2) is 9.82. The summed E-state index contributed by atoms with van der Waals surface area (Å²) in [7, 11) is 3.09. The Kier molecular flexibility index (Phi) is 7.42. The van der Waals surface area contributed by atoms with Gasteiger partial charge in [-0.05, 0) is 42.5 Å². The quantitative estimate of drug-likeness (QED) is 0.339. The van der Waals surface area contributed by atoms with Crippen LogP contribution in [0.5, 0.6) is 11.5 Å². The Labute approximate surface area is 190 Å². The van der Waals surface area contributed by atoms with Gasteiger partial charge in [-0.3, -0.25) is 4.79 Å². The maximum absolute atomic E-state index is 12.4. The van der Waals surface area contributed by atoms with E-state index in [2.05, 4.69) is 10.4 Å². The van der Waals surface area contributed by atoms with Crippen molar-refractivity contribution in [3.63, 3.8) is 0 Å². The largest absolute Gasteiger partial charge is 0.497 e. The van der Waals surface area contributed by atoms with Gasteiger partial charge in [0.05, 0.1) is 41.4 Å². The summed E-state index contributed by atoms with van der Waals surface area (Å²) in [5.74, 6) is 1.11. The first-order chi connectivity index (χ1) is 13.9. The smallest absolute Gasteiger partial charge is 0.234 e. The maximum Gasteiger partial charge on any atom is 0.234 e. The van der Waals surface area contributed by atoms with Gasteiger partial charge in [0, 0.05) is 6.07 Å². The minimum Gasteiger partial charge on any atom is -0.497 e. The fourth-order valence-corrected chi connectivity index (χ4v) is 4.78. The number of thioether (sulfide) groups is 1. The highest BCUT2D eigenvalue weighted by molar-refractivity contribution is 8.01. The lowest BCUT2D eigenvalue weighted by molar-refractivity contribution is -0.113. The predicted molar refractivity (Wildman–Crippen MR) is 121 cm³/mol. The molecule has 1 N–H and O–H groups in total. The average molecular weight is 488 g/mol. The summed E-state index contributed by atoms with van der Waals surface area (Å²) in [5.41, 5.74) is 1.24. The Morgan fingerprint density at radius 2 is 2.00 bits per heavy atom. The van der Waals surface area contributed by atoms with Gasteiger partial charge in [0.25, 0.3) is 0 Å². The minimum absolute atomic E-state index is 0.157. The molecule has 0 unspecified atom stereocenters. The molecule has 0 atom stereocenters. The molecule has 0 saturated heterocycles. The first-order valence-electron chi connectivity index (χ1n) is 8.11. The number of carbonyl (C=O) groups excluding carboxylic acids is 1. The number of nitrogens with one attached hydrogen (secondary N) is 1. The van der Waals surface area contributed by atoms with Crippen molar-refractivity contribution in [3.8, 4) is 17.2 Å². The van der Waals surface area contributed by atoms with Crippen LogP contribution < -0.4 is 14.8 Å². The molecule has 0 saturated carbocycles. The molecular formula is C18H15Cl2N3O3S3. The highest BCUT2D eigenvalue weighted by Crippen LogP contribution is 2.30. The van der Waals surface area contributed by atoms with E-state index < -0.39 is 0 Å². The maximum atomic E-state index is 12.4. The van der Waals surface area contributed by atoms with Crippen LogP contribution in [-0.4, -0.2) is 35.7 Å². The Morgan fingerprint density at radius 1 is 1.21 bits per heavy atom. The number of ether oxygens (including phenoxy) is 2. The van der Waals surface area contributed by atoms with Crippen LogP contribution in [0.4, 0.5) is 5.69 Å². The molecule has 0 aliphatic rings. The van der Waals surface area contributed by atoms with Gasteiger partial charge in [-0.1, -0.05) is 46.3 Å². The molecule has 0 aliphatic heterocycles. The fraction of sp³-hybridized carbons (Fsp3) is 0.167.